The van der Waals surface area contributed by atoms with Crippen molar-refractivity contribution in [2.75, 3.05) is 0 Å². The molecule has 1 heterocycles. The van der Waals surface area contributed by atoms with E-state index in [9.17, 15) is 10.1 Å². The minimum atomic E-state index is -0.391. The number of hydrogen-bond acceptors (Lipinski definition) is 2. The van der Waals surface area contributed by atoms with Crippen LogP contribution < -0.4 is 5.32 Å². The van der Waals surface area contributed by atoms with Gasteiger partial charge in [-0.2, -0.15) is 5.26 Å². The van der Waals surface area contributed by atoms with Crippen molar-refractivity contribution >= 4 is 27.9 Å². The van der Waals surface area contributed by atoms with Crippen LogP contribution in [0.4, 0.5) is 0 Å². The summed E-state index contributed by atoms with van der Waals surface area (Å²) in [4.78, 5) is 12.6. The second-order valence-electron chi connectivity index (χ2n) is 6.06. The first kappa shape index (κ1) is 18.7. The SMILES string of the molecule is C[C@H](NC(=O)/C(C#N)=C\c1cccn1-c1ccc(Br)cc1)c1ccccc1. The summed E-state index contributed by atoms with van der Waals surface area (Å²) in [6, 6.07) is 23.1. The first-order valence-electron chi connectivity index (χ1n) is 8.49. The van der Waals surface area contributed by atoms with Crippen LogP contribution in [-0.4, -0.2) is 10.5 Å². The second-order valence-corrected chi connectivity index (χ2v) is 6.97. The third-order valence-corrected chi connectivity index (χ3v) is 4.72. The molecule has 0 bridgehead atoms. The lowest BCUT2D eigenvalue weighted by atomic mass is 10.1. The zero-order chi connectivity index (χ0) is 19.2. The van der Waals surface area contributed by atoms with E-state index in [1.807, 2.05) is 90.5 Å². The van der Waals surface area contributed by atoms with Crippen LogP contribution in [0.25, 0.3) is 11.8 Å². The first-order chi connectivity index (χ1) is 13.1. The van der Waals surface area contributed by atoms with E-state index in [4.69, 9.17) is 0 Å². The fraction of sp³-hybridized carbons (Fsp3) is 0.0909. The number of amides is 1. The van der Waals surface area contributed by atoms with Crippen LogP contribution in [0.2, 0.25) is 0 Å². The molecule has 3 rings (SSSR count). The summed E-state index contributed by atoms with van der Waals surface area (Å²) in [5.74, 6) is -0.391. The lowest BCUT2D eigenvalue weighted by Gasteiger charge is -2.14. The number of halogens is 1. The van der Waals surface area contributed by atoms with Gasteiger partial charge in [0.2, 0.25) is 0 Å². The van der Waals surface area contributed by atoms with Crippen LogP contribution in [0.3, 0.4) is 0 Å². The van der Waals surface area contributed by atoms with Gasteiger partial charge in [0, 0.05) is 22.1 Å². The van der Waals surface area contributed by atoms with E-state index < -0.39 is 5.91 Å². The van der Waals surface area contributed by atoms with Crippen LogP contribution in [-0.2, 0) is 4.79 Å². The molecule has 0 fully saturated rings. The normalized spacial score (nSPS) is 12.3. The Bertz CT molecular complexity index is 998. The highest BCUT2D eigenvalue weighted by atomic mass is 79.9. The second kappa shape index (κ2) is 8.52. The molecule has 4 nitrogen and oxygen atoms in total. The van der Waals surface area contributed by atoms with Crippen LogP contribution in [0.1, 0.15) is 24.2 Å². The van der Waals surface area contributed by atoms with Crippen molar-refractivity contribution in [2.45, 2.75) is 13.0 Å². The molecular weight excluding hydrogens is 402 g/mol. The number of nitriles is 1. The topological polar surface area (TPSA) is 57.8 Å². The highest BCUT2D eigenvalue weighted by Gasteiger charge is 2.14. The molecule has 0 aliphatic heterocycles. The van der Waals surface area contributed by atoms with Crippen molar-refractivity contribution in [3.63, 3.8) is 0 Å². The molecule has 0 saturated carbocycles. The number of rotatable bonds is 5. The van der Waals surface area contributed by atoms with Gasteiger partial charge in [0.1, 0.15) is 11.6 Å². The molecular formula is C22H18BrN3O. The Labute approximate surface area is 166 Å². The maximum Gasteiger partial charge on any atom is 0.262 e. The molecule has 1 amide bonds. The number of nitrogens with one attached hydrogen (secondary N) is 1. The van der Waals surface area contributed by atoms with Gasteiger partial charge >= 0.3 is 0 Å². The van der Waals surface area contributed by atoms with E-state index in [2.05, 4.69) is 21.2 Å². The standard InChI is InChI=1S/C22H18BrN3O/c1-16(17-6-3-2-4-7-17)25-22(27)18(15-24)14-21-8-5-13-26(21)20-11-9-19(23)10-12-20/h2-14,16H,1H3,(H,25,27)/b18-14-/t16-/m0/s1. The third kappa shape index (κ3) is 4.55. The number of carbonyl (C=O) groups excluding carboxylic acids is 1. The Balaban J connectivity index is 1.83. The van der Waals surface area contributed by atoms with E-state index in [0.29, 0.717) is 0 Å². The van der Waals surface area contributed by atoms with Gasteiger partial charge in [-0.05, 0) is 55.0 Å². The van der Waals surface area contributed by atoms with Gasteiger partial charge < -0.3 is 9.88 Å². The predicted octanol–water partition coefficient (Wildman–Crippen LogP) is 5.02. The molecule has 0 aliphatic rings. The summed E-state index contributed by atoms with van der Waals surface area (Å²) in [5, 5.41) is 12.4. The van der Waals surface area contributed by atoms with E-state index in [1.54, 1.807) is 6.08 Å². The number of aromatic nitrogens is 1. The number of hydrogen-bond donors (Lipinski definition) is 1. The third-order valence-electron chi connectivity index (χ3n) is 4.19. The Hall–Kier alpha value is -3.10. The van der Waals surface area contributed by atoms with Crippen molar-refractivity contribution in [3.05, 3.63) is 94.2 Å². The fourth-order valence-electron chi connectivity index (χ4n) is 2.74. The van der Waals surface area contributed by atoms with Crippen LogP contribution in [0.15, 0.2) is 83.0 Å². The summed E-state index contributed by atoms with van der Waals surface area (Å²) in [6.07, 6.45) is 3.50. The summed E-state index contributed by atoms with van der Waals surface area (Å²) >= 11 is 3.42. The molecule has 3 aromatic rings. The molecule has 0 unspecified atom stereocenters. The molecule has 0 aliphatic carbocycles. The molecule has 5 heteroatoms. The van der Waals surface area contributed by atoms with Crippen LogP contribution in [0.5, 0.6) is 0 Å². The van der Waals surface area contributed by atoms with E-state index in [0.717, 1.165) is 21.4 Å². The molecule has 1 aromatic heterocycles. The maximum atomic E-state index is 12.6. The molecule has 1 N–H and O–H groups in total. The first-order valence-corrected chi connectivity index (χ1v) is 9.28. The van der Waals surface area contributed by atoms with Gasteiger partial charge in [0.25, 0.3) is 5.91 Å². The Morgan fingerprint density at radius 2 is 1.81 bits per heavy atom. The molecule has 1 atom stereocenters. The molecule has 0 radical (unpaired) electrons. The average molecular weight is 420 g/mol. The van der Waals surface area contributed by atoms with Crippen molar-refractivity contribution in [1.82, 2.24) is 9.88 Å². The van der Waals surface area contributed by atoms with Crippen molar-refractivity contribution in [2.24, 2.45) is 0 Å². The van der Waals surface area contributed by atoms with Gasteiger partial charge in [-0.15, -0.1) is 0 Å². The fourth-order valence-corrected chi connectivity index (χ4v) is 3.01. The molecule has 27 heavy (non-hydrogen) atoms. The summed E-state index contributed by atoms with van der Waals surface area (Å²) in [5.41, 5.74) is 2.76. The largest absolute Gasteiger partial charge is 0.345 e. The smallest absolute Gasteiger partial charge is 0.262 e. The highest BCUT2D eigenvalue weighted by Crippen LogP contribution is 2.19. The highest BCUT2D eigenvalue weighted by molar-refractivity contribution is 9.10. The number of nitrogens with zero attached hydrogens (tertiary/aromatic N) is 2. The van der Waals surface area contributed by atoms with Gasteiger partial charge in [-0.3, -0.25) is 4.79 Å². The number of benzene rings is 2. The average Bonchev–Trinajstić information content (AvgIpc) is 3.15. The summed E-state index contributed by atoms with van der Waals surface area (Å²) in [6.45, 7) is 1.90. The summed E-state index contributed by atoms with van der Waals surface area (Å²) in [7, 11) is 0. The predicted molar refractivity (Wildman–Crippen MR) is 110 cm³/mol. The minimum absolute atomic E-state index is 0.0647. The lowest BCUT2D eigenvalue weighted by Crippen LogP contribution is -2.27. The van der Waals surface area contributed by atoms with Crippen molar-refractivity contribution in [3.8, 4) is 11.8 Å². The number of carbonyl (C=O) groups is 1. The molecule has 0 spiro atoms. The zero-order valence-corrected chi connectivity index (χ0v) is 16.3. The van der Waals surface area contributed by atoms with Gasteiger partial charge in [0.15, 0.2) is 0 Å². The van der Waals surface area contributed by atoms with Gasteiger partial charge in [-0.25, -0.2) is 0 Å². The van der Waals surface area contributed by atoms with E-state index >= 15 is 0 Å². The monoisotopic (exact) mass is 419 g/mol. The molecule has 2 aromatic carbocycles. The van der Waals surface area contributed by atoms with Crippen LogP contribution in [0, 0.1) is 11.3 Å². The molecule has 0 saturated heterocycles. The van der Waals surface area contributed by atoms with Gasteiger partial charge in [-0.1, -0.05) is 46.3 Å². The maximum absolute atomic E-state index is 12.6. The summed E-state index contributed by atoms with van der Waals surface area (Å²) < 4.78 is 2.92. The molecule has 134 valence electrons. The zero-order valence-electron chi connectivity index (χ0n) is 14.8. The quantitative estimate of drug-likeness (QED) is 0.465. The van der Waals surface area contributed by atoms with Gasteiger partial charge in [0.05, 0.1) is 6.04 Å². The Kier molecular flexibility index (Phi) is 5.90. The van der Waals surface area contributed by atoms with Crippen molar-refractivity contribution < 1.29 is 4.79 Å². The Morgan fingerprint density at radius 3 is 2.48 bits per heavy atom. The van der Waals surface area contributed by atoms with E-state index in [-0.39, 0.29) is 11.6 Å². The minimum Gasteiger partial charge on any atom is -0.345 e. The lowest BCUT2D eigenvalue weighted by molar-refractivity contribution is -0.117. The van der Waals surface area contributed by atoms with Crippen molar-refractivity contribution in [1.29, 1.82) is 5.26 Å². The Morgan fingerprint density at radius 1 is 1.11 bits per heavy atom. The van der Waals surface area contributed by atoms with Crippen LogP contribution >= 0.6 is 15.9 Å². The van der Waals surface area contributed by atoms with E-state index in [1.165, 1.54) is 0 Å².